The minimum atomic E-state index is 0.622. The maximum atomic E-state index is 6.63. The lowest BCUT2D eigenvalue weighted by Gasteiger charge is -2.14. The average molecular weight is 438 g/mol. The molecule has 0 unspecified atom stereocenters. The monoisotopic (exact) mass is 437 g/mol. The molecule has 0 bridgehead atoms. The highest BCUT2D eigenvalue weighted by atomic mass is 35.5. The summed E-state index contributed by atoms with van der Waals surface area (Å²) in [5, 5.41) is 6.17. The van der Waals surface area contributed by atoms with E-state index in [-0.39, 0.29) is 0 Å². The summed E-state index contributed by atoms with van der Waals surface area (Å²) in [4.78, 5) is 5.07. The molecule has 1 aliphatic rings. The van der Waals surface area contributed by atoms with Crippen LogP contribution in [0.2, 0.25) is 10.0 Å². The van der Waals surface area contributed by atoms with Crippen molar-refractivity contribution in [3.05, 3.63) is 69.0 Å². The summed E-state index contributed by atoms with van der Waals surface area (Å²) in [5.74, 6) is 0.841. The number of rotatable bonds is 3. The molecule has 1 aliphatic carbocycles. The second-order valence-corrected chi connectivity index (χ2v) is 8.58. The van der Waals surface area contributed by atoms with Gasteiger partial charge in [0.1, 0.15) is 5.75 Å². The van der Waals surface area contributed by atoms with Crippen molar-refractivity contribution in [1.29, 1.82) is 0 Å². The summed E-state index contributed by atoms with van der Waals surface area (Å²) < 4.78 is 7.35. The Labute approximate surface area is 185 Å². The Hall–Kier alpha value is -2.56. The highest BCUT2D eigenvalue weighted by molar-refractivity contribution is 6.36. The molecule has 0 amide bonds. The molecule has 0 saturated heterocycles. The number of hydrogen-bond donors (Lipinski definition) is 0. The summed E-state index contributed by atoms with van der Waals surface area (Å²) in [6.07, 6.45) is 3.03. The largest absolute Gasteiger partial charge is 0.497 e. The molecule has 0 aliphatic heterocycles. The molecule has 0 N–H and O–H groups in total. The predicted molar refractivity (Wildman–Crippen MR) is 122 cm³/mol. The Bertz CT molecular complexity index is 1310. The third kappa shape index (κ3) is 2.98. The van der Waals surface area contributed by atoms with Gasteiger partial charge in [0.25, 0.3) is 0 Å². The number of halogens is 2. The summed E-state index contributed by atoms with van der Waals surface area (Å²) in [6.45, 7) is 4.12. The number of aryl methyl sites for hydroxylation is 3. The van der Waals surface area contributed by atoms with Crippen LogP contribution in [0.1, 0.15) is 28.9 Å². The van der Waals surface area contributed by atoms with Gasteiger partial charge < -0.3 is 4.74 Å². The molecule has 0 fully saturated rings. The number of aromatic nitrogens is 3. The molecule has 4 aromatic rings. The van der Waals surface area contributed by atoms with Gasteiger partial charge in [-0.3, -0.25) is 0 Å². The van der Waals surface area contributed by atoms with Crippen molar-refractivity contribution in [3.63, 3.8) is 0 Å². The maximum absolute atomic E-state index is 6.63. The van der Waals surface area contributed by atoms with Crippen molar-refractivity contribution in [2.45, 2.75) is 33.1 Å². The van der Waals surface area contributed by atoms with Crippen molar-refractivity contribution >= 4 is 28.8 Å². The van der Waals surface area contributed by atoms with Crippen molar-refractivity contribution in [2.24, 2.45) is 0 Å². The van der Waals surface area contributed by atoms with Gasteiger partial charge in [-0.2, -0.15) is 5.10 Å². The predicted octanol–water partition coefficient (Wildman–Crippen LogP) is 6.48. The third-order valence-electron chi connectivity index (χ3n) is 5.85. The zero-order valence-corrected chi connectivity index (χ0v) is 18.6. The lowest BCUT2D eigenvalue weighted by atomic mass is 10.00. The second-order valence-electron chi connectivity index (χ2n) is 7.74. The number of fused-ring (bicyclic) bond motifs is 2. The summed E-state index contributed by atoms with van der Waals surface area (Å²) in [5.41, 5.74) is 9.41. The highest BCUT2D eigenvalue weighted by Crippen LogP contribution is 2.40. The number of hydrogen-bond acceptors (Lipinski definition) is 3. The fraction of sp³-hybridized carbons (Fsp3) is 0.250. The summed E-state index contributed by atoms with van der Waals surface area (Å²) in [7, 11) is 1.68. The first kappa shape index (κ1) is 19.4. The molecule has 0 radical (unpaired) electrons. The number of nitrogens with zero attached hydrogens (tertiary/aromatic N) is 3. The van der Waals surface area contributed by atoms with E-state index in [1.807, 2.05) is 35.7 Å². The minimum absolute atomic E-state index is 0.622. The second kappa shape index (κ2) is 7.29. The first-order chi connectivity index (χ1) is 14.5. The molecule has 152 valence electrons. The quantitative estimate of drug-likeness (QED) is 0.367. The van der Waals surface area contributed by atoms with E-state index in [4.69, 9.17) is 38.0 Å². The van der Waals surface area contributed by atoms with Crippen molar-refractivity contribution in [3.8, 4) is 28.1 Å². The van der Waals surface area contributed by atoms with Crippen LogP contribution in [-0.2, 0) is 12.8 Å². The van der Waals surface area contributed by atoms with E-state index in [1.165, 1.54) is 5.56 Å². The van der Waals surface area contributed by atoms with Crippen LogP contribution in [0.5, 0.6) is 5.75 Å². The summed E-state index contributed by atoms with van der Waals surface area (Å²) >= 11 is 12.8. The van der Waals surface area contributed by atoms with Crippen molar-refractivity contribution in [1.82, 2.24) is 14.6 Å². The zero-order chi connectivity index (χ0) is 21.0. The van der Waals surface area contributed by atoms with Gasteiger partial charge >= 0.3 is 0 Å². The molecule has 4 nitrogen and oxygen atoms in total. The van der Waals surface area contributed by atoms with Gasteiger partial charge in [-0.05, 0) is 74.6 Å². The van der Waals surface area contributed by atoms with Crippen molar-refractivity contribution in [2.75, 3.05) is 7.11 Å². The van der Waals surface area contributed by atoms with E-state index in [0.717, 1.165) is 70.0 Å². The van der Waals surface area contributed by atoms with Crippen molar-refractivity contribution < 1.29 is 4.74 Å². The highest BCUT2D eigenvalue weighted by Gasteiger charge is 2.26. The van der Waals surface area contributed by atoms with Gasteiger partial charge in [0, 0.05) is 27.4 Å². The molecular weight excluding hydrogens is 417 g/mol. The van der Waals surface area contributed by atoms with Crippen LogP contribution >= 0.6 is 23.2 Å². The fourth-order valence-electron chi connectivity index (χ4n) is 4.45. The van der Waals surface area contributed by atoms with E-state index in [2.05, 4.69) is 13.0 Å². The van der Waals surface area contributed by atoms with E-state index in [9.17, 15) is 0 Å². The minimum Gasteiger partial charge on any atom is -0.497 e. The normalized spacial score (nSPS) is 13.1. The zero-order valence-electron chi connectivity index (χ0n) is 17.1. The van der Waals surface area contributed by atoms with Crippen LogP contribution in [0.25, 0.3) is 28.0 Å². The van der Waals surface area contributed by atoms with Gasteiger partial charge in [0.2, 0.25) is 0 Å². The molecule has 2 heterocycles. The van der Waals surface area contributed by atoms with Crippen LogP contribution in [0.15, 0.2) is 36.4 Å². The molecule has 0 atom stereocenters. The molecule has 2 aromatic carbocycles. The van der Waals surface area contributed by atoms with Gasteiger partial charge in [-0.1, -0.05) is 29.3 Å². The SMILES string of the molecule is COc1ccc(-c2c(C)nn3c(-c4ccc(Cl)cc4Cl)c4c(nc23)CCC4)c(C)c1. The Balaban J connectivity index is 1.84. The van der Waals surface area contributed by atoms with Gasteiger partial charge in [0.15, 0.2) is 5.65 Å². The van der Waals surface area contributed by atoms with Gasteiger partial charge in [0.05, 0.1) is 23.5 Å². The number of ether oxygens (including phenoxy) is 1. The number of benzene rings is 2. The smallest absolute Gasteiger partial charge is 0.164 e. The lowest BCUT2D eigenvalue weighted by Crippen LogP contribution is -2.04. The van der Waals surface area contributed by atoms with E-state index in [1.54, 1.807) is 13.2 Å². The summed E-state index contributed by atoms with van der Waals surface area (Å²) in [6, 6.07) is 11.8. The average Bonchev–Trinajstić information content (AvgIpc) is 3.30. The topological polar surface area (TPSA) is 39.4 Å². The maximum Gasteiger partial charge on any atom is 0.164 e. The standard InChI is InChI=1S/C24H21Cl2N3O/c1-13-11-16(30-3)8-10-17(13)22-14(2)28-29-23(18-9-7-15(25)12-20(18)26)19-5-4-6-21(19)27-24(22)29/h7-12H,4-6H2,1-3H3. The van der Waals surface area contributed by atoms with Gasteiger partial charge in [-0.15, -0.1) is 0 Å². The Morgan fingerprint density at radius 2 is 1.80 bits per heavy atom. The Morgan fingerprint density at radius 3 is 2.53 bits per heavy atom. The van der Waals surface area contributed by atoms with Crippen LogP contribution in [-0.4, -0.2) is 21.7 Å². The third-order valence-corrected chi connectivity index (χ3v) is 6.40. The van der Waals surface area contributed by atoms with Gasteiger partial charge in [-0.25, -0.2) is 9.50 Å². The Kier molecular flexibility index (Phi) is 4.72. The first-order valence-corrected chi connectivity index (χ1v) is 10.7. The lowest BCUT2D eigenvalue weighted by molar-refractivity contribution is 0.414. The van der Waals surface area contributed by atoms with E-state index >= 15 is 0 Å². The molecular formula is C24H21Cl2N3O. The fourth-order valence-corrected chi connectivity index (χ4v) is 4.95. The molecule has 0 spiro atoms. The molecule has 30 heavy (non-hydrogen) atoms. The van der Waals surface area contributed by atoms with Crippen LogP contribution in [0.3, 0.4) is 0 Å². The first-order valence-electron chi connectivity index (χ1n) is 9.99. The molecule has 6 heteroatoms. The Morgan fingerprint density at radius 1 is 1.00 bits per heavy atom. The molecule has 0 saturated carbocycles. The molecule has 5 rings (SSSR count). The van der Waals surface area contributed by atoms with Crippen LogP contribution in [0.4, 0.5) is 0 Å². The van der Waals surface area contributed by atoms with Crippen LogP contribution < -0.4 is 4.74 Å². The van der Waals surface area contributed by atoms with Crippen LogP contribution in [0, 0.1) is 13.8 Å². The van der Waals surface area contributed by atoms with E-state index < -0.39 is 0 Å². The number of methoxy groups -OCH3 is 1. The van der Waals surface area contributed by atoms with E-state index in [0.29, 0.717) is 10.0 Å². The molecule has 2 aromatic heterocycles.